The standard InChI is InChI=1S/C29H25F2N7O2/c30-22-4-1-5-23(25(22)31)40-21-10-8-18(9-11-21)26-24-27(33)34-16-35-28(24)38(36-26)15-20-3-2-12-37(20)29(39)19(14-32)13-17-6-7-17/h1,4-5,8-11,13,16-17,20H,2-3,6-7,12,15H2,(H2,33,34,35)/t20-/m0/s1. The zero-order chi connectivity index (χ0) is 27.8. The van der Waals surface area contributed by atoms with Crippen molar-refractivity contribution in [2.45, 2.75) is 38.3 Å². The Bertz CT molecular complexity index is 1670. The Kier molecular flexibility index (Phi) is 6.59. The summed E-state index contributed by atoms with van der Waals surface area (Å²) in [5.41, 5.74) is 8.21. The number of ether oxygens (including phenoxy) is 1. The van der Waals surface area contributed by atoms with Crippen molar-refractivity contribution < 1.29 is 18.3 Å². The number of nitrogens with zero attached hydrogens (tertiary/aromatic N) is 6. The molecule has 0 bridgehead atoms. The van der Waals surface area contributed by atoms with E-state index in [-0.39, 0.29) is 29.1 Å². The van der Waals surface area contributed by atoms with Gasteiger partial charge >= 0.3 is 0 Å². The van der Waals surface area contributed by atoms with E-state index in [0.29, 0.717) is 47.0 Å². The van der Waals surface area contributed by atoms with Crippen LogP contribution in [0.2, 0.25) is 0 Å². The summed E-state index contributed by atoms with van der Waals surface area (Å²) in [6, 6.07) is 12.4. The first-order valence-electron chi connectivity index (χ1n) is 13.0. The number of nitrogens with two attached hydrogens (primary N) is 1. The molecule has 2 N–H and O–H groups in total. The lowest BCUT2D eigenvalue weighted by molar-refractivity contribution is -0.127. The molecule has 202 valence electrons. The third-order valence-electron chi connectivity index (χ3n) is 7.23. The highest BCUT2D eigenvalue weighted by Crippen LogP contribution is 2.34. The van der Waals surface area contributed by atoms with Gasteiger partial charge < -0.3 is 15.4 Å². The van der Waals surface area contributed by atoms with Crippen LogP contribution in [0.15, 0.2) is 60.4 Å². The van der Waals surface area contributed by atoms with Crippen molar-refractivity contribution in [3.8, 4) is 28.8 Å². The van der Waals surface area contributed by atoms with E-state index in [2.05, 4.69) is 16.0 Å². The fourth-order valence-corrected chi connectivity index (χ4v) is 5.03. The number of amides is 1. The minimum Gasteiger partial charge on any atom is -0.454 e. The minimum atomic E-state index is -1.06. The van der Waals surface area contributed by atoms with Crippen LogP contribution in [0, 0.1) is 28.9 Å². The van der Waals surface area contributed by atoms with Crippen molar-refractivity contribution in [2.24, 2.45) is 5.92 Å². The number of carbonyl (C=O) groups excluding carboxylic acids is 1. The van der Waals surface area contributed by atoms with Crippen LogP contribution < -0.4 is 10.5 Å². The van der Waals surface area contributed by atoms with Crippen LogP contribution in [-0.2, 0) is 11.3 Å². The molecule has 40 heavy (non-hydrogen) atoms. The fraction of sp³-hybridized carbons (Fsp3) is 0.276. The minimum absolute atomic E-state index is 0.160. The van der Waals surface area contributed by atoms with Gasteiger partial charge in [-0.1, -0.05) is 12.1 Å². The second-order valence-electron chi connectivity index (χ2n) is 9.99. The number of fused-ring (bicyclic) bond motifs is 1. The summed E-state index contributed by atoms with van der Waals surface area (Å²) < 4.78 is 34.8. The Hall–Kier alpha value is -4.85. The Morgan fingerprint density at radius 1 is 1.15 bits per heavy atom. The molecule has 0 unspecified atom stereocenters. The molecule has 2 aliphatic rings. The fourth-order valence-electron chi connectivity index (χ4n) is 5.03. The number of carbonyl (C=O) groups is 1. The topological polar surface area (TPSA) is 123 Å². The van der Waals surface area contributed by atoms with Crippen molar-refractivity contribution in [1.29, 1.82) is 5.26 Å². The quantitative estimate of drug-likeness (QED) is 0.258. The molecular formula is C29H25F2N7O2. The third kappa shape index (κ3) is 4.84. The van der Waals surface area contributed by atoms with Crippen molar-refractivity contribution in [3.05, 3.63) is 72.1 Å². The maximum absolute atomic E-state index is 14.0. The van der Waals surface area contributed by atoms with E-state index in [0.717, 1.165) is 31.7 Å². The van der Waals surface area contributed by atoms with Crippen molar-refractivity contribution >= 4 is 22.8 Å². The van der Waals surface area contributed by atoms with E-state index in [1.807, 2.05) is 0 Å². The van der Waals surface area contributed by atoms with Crippen molar-refractivity contribution in [1.82, 2.24) is 24.6 Å². The largest absolute Gasteiger partial charge is 0.454 e. The van der Waals surface area contributed by atoms with Gasteiger partial charge in [-0.25, -0.2) is 19.0 Å². The van der Waals surface area contributed by atoms with Crippen molar-refractivity contribution in [2.75, 3.05) is 12.3 Å². The first kappa shape index (κ1) is 25.4. The number of halogens is 2. The molecule has 4 aromatic rings. The molecule has 0 radical (unpaired) electrons. The predicted octanol–water partition coefficient (Wildman–Crippen LogP) is 5.00. The van der Waals surface area contributed by atoms with E-state index < -0.39 is 11.6 Å². The number of allylic oxidation sites excluding steroid dienone is 1. The lowest BCUT2D eigenvalue weighted by atomic mass is 10.1. The summed E-state index contributed by atoms with van der Waals surface area (Å²) in [7, 11) is 0. The van der Waals surface area contributed by atoms with Gasteiger partial charge in [-0.15, -0.1) is 0 Å². The molecule has 9 nitrogen and oxygen atoms in total. The molecule has 2 aromatic carbocycles. The molecule has 2 aromatic heterocycles. The van der Waals surface area contributed by atoms with E-state index in [1.54, 1.807) is 39.9 Å². The summed E-state index contributed by atoms with van der Waals surface area (Å²) in [5, 5.41) is 15.0. The van der Waals surface area contributed by atoms with Crippen LogP contribution in [-0.4, -0.2) is 43.1 Å². The monoisotopic (exact) mass is 541 g/mol. The SMILES string of the molecule is N#CC(=CC1CC1)C(=O)N1CCC[C@H]1Cn1nc(-c2ccc(Oc3cccc(F)c3F)cc2)c2c(N)ncnc21. The van der Waals surface area contributed by atoms with Crippen LogP contribution in [0.25, 0.3) is 22.3 Å². The second-order valence-corrected chi connectivity index (χ2v) is 9.99. The van der Waals surface area contributed by atoms with Gasteiger partial charge in [0.25, 0.3) is 5.91 Å². The van der Waals surface area contributed by atoms with Gasteiger partial charge in [-0.05, 0) is 68.0 Å². The van der Waals surface area contributed by atoms with Gasteiger partial charge in [-0.3, -0.25) is 4.79 Å². The average molecular weight is 542 g/mol. The highest BCUT2D eigenvalue weighted by molar-refractivity contribution is 5.99. The maximum Gasteiger partial charge on any atom is 0.264 e. The smallest absolute Gasteiger partial charge is 0.264 e. The number of aromatic nitrogens is 4. The summed E-state index contributed by atoms with van der Waals surface area (Å²) in [5.74, 6) is -1.63. The van der Waals surface area contributed by atoms with E-state index >= 15 is 0 Å². The number of rotatable bonds is 7. The Morgan fingerprint density at radius 2 is 1.95 bits per heavy atom. The van der Waals surface area contributed by atoms with Gasteiger partial charge in [0.1, 0.15) is 35.2 Å². The molecule has 0 spiro atoms. The number of likely N-dealkylation sites (tertiary alicyclic amines) is 1. The number of hydrogen-bond donors (Lipinski definition) is 1. The maximum atomic E-state index is 14.0. The second kappa shape index (κ2) is 10.4. The molecule has 1 amide bonds. The average Bonchev–Trinajstić information content (AvgIpc) is 3.54. The van der Waals surface area contributed by atoms with Crippen LogP contribution in [0.4, 0.5) is 14.6 Å². The Balaban J connectivity index is 1.28. The Morgan fingerprint density at radius 3 is 2.70 bits per heavy atom. The number of nitriles is 1. The number of nitrogen functional groups attached to an aromatic ring is 1. The first-order chi connectivity index (χ1) is 19.4. The summed E-state index contributed by atoms with van der Waals surface area (Å²) >= 11 is 0. The first-order valence-corrected chi connectivity index (χ1v) is 13.0. The van der Waals surface area contributed by atoms with Crippen LogP contribution in [0.5, 0.6) is 11.5 Å². The molecule has 1 aliphatic heterocycles. The van der Waals surface area contributed by atoms with Gasteiger partial charge in [0.05, 0.1) is 18.0 Å². The van der Waals surface area contributed by atoms with Gasteiger partial charge in [0, 0.05) is 12.1 Å². The highest BCUT2D eigenvalue weighted by Gasteiger charge is 2.33. The summed E-state index contributed by atoms with van der Waals surface area (Å²) in [4.78, 5) is 23.5. The van der Waals surface area contributed by atoms with Gasteiger partial charge in [0.2, 0.25) is 5.82 Å². The molecule has 1 aliphatic carbocycles. The number of hydrogen-bond acceptors (Lipinski definition) is 7. The molecule has 1 saturated carbocycles. The predicted molar refractivity (Wildman–Crippen MR) is 143 cm³/mol. The van der Waals surface area contributed by atoms with Gasteiger partial charge in [0.15, 0.2) is 17.2 Å². The zero-order valence-electron chi connectivity index (χ0n) is 21.4. The molecular weight excluding hydrogens is 516 g/mol. The lowest BCUT2D eigenvalue weighted by Gasteiger charge is -2.24. The molecule has 1 atom stereocenters. The normalized spacial score (nSPS) is 17.3. The third-order valence-corrected chi connectivity index (χ3v) is 7.23. The molecule has 2 fully saturated rings. The van der Waals surface area contributed by atoms with Gasteiger partial charge in [-0.2, -0.15) is 14.8 Å². The van der Waals surface area contributed by atoms with E-state index in [9.17, 15) is 18.8 Å². The number of benzene rings is 2. The van der Waals surface area contributed by atoms with Crippen LogP contribution in [0.3, 0.4) is 0 Å². The summed E-state index contributed by atoms with van der Waals surface area (Å²) in [6.07, 6.45) is 6.79. The molecule has 3 heterocycles. The van der Waals surface area contributed by atoms with Crippen molar-refractivity contribution in [3.63, 3.8) is 0 Å². The van der Waals surface area contributed by atoms with E-state index in [4.69, 9.17) is 15.6 Å². The van der Waals surface area contributed by atoms with E-state index in [1.165, 1.54) is 18.5 Å². The molecule has 6 rings (SSSR count). The molecule has 11 heteroatoms. The lowest BCUT2D eigenvalue weighted by Crippen LogP contribution is -2.39. The molecule has 1 saturated heterocycles. The van der Waals surface area contributed by atoms with Crippen LogP contribution in [0.1, 0.15) is 25.7 Å². The zero-order valence-corrected chi connectivity index (χ0v) is 21.4. The highest BCUT2D eigenvalue weighted by atomic mass is 19.2. The number of anilines is 1. The summed E-state index contributed by atoms with van der Waals surface area (Å²) in [6.45, 7) is 0.949. The Labute approximate surface area is 228 Å². The van der Waals surface area contributed by atoms with Crippen LogP contribution >= 0.6 is 0 Å².